The van der Waals surface area contributed by atoms with Crippen LogP contribution >= 0.6 is 0 Å². The van der Waals surface area contributed by atoms with Crippen molar-refractivity contribution in [3.05, 3.63) is 72.7 Å². The predicted molar refractivity (Wildman–Crippen MR) is 105 cm³/mol. The normalized spacial score (nSPS) is 10.7. The first-order valence-corrected chi connectivity index (χ1v) is 8.82. The van der Waals surface area contributed by atoms with Gasteiger partial charge in [0, 0.05) is 24.2 Å². The summed E-state index contributed by atoms with van der Waals surface area (Å²) in [6, 6.07) is 6.93. The maximum atomic E-state index is 13.0. The molecule has 146 valence electrons. The number of hydrogen-bond donors (Lipinski definition) is 0. The van der Waals surface area contributed by atoms with Crippen molar-refractivity contribution in [1.82, 2.24) is 19.4 Å². The second-order valence-electron chi connectivity index (χ2n) is 6.20. The number of carbonyl (C=O) groups excluding carboxylic acids is 1. The Hall–Kier alpha value is -3.94. The first-order valence-electron chi connectivity index (χ1n) is 8.82. The van der Waals surface area contributed by atoms with Crippen molar-refractivity contribution < 1.29 is 19.0 Å². The van der Waals surface area contributed by atoms with Gasteiger partial charge >= 0.3 is 0 Å². The van der Waals surface area contributed by atoms with E-state index < -0.39 is 0 Å². The van der Waals surface area contributed by atoms with Crippen molar-refractivity contribution in [2.45, 2.75) is 6.42 Å². The molecule has 0 aliphatic rings. The number of ether oxygens (including phenoxy) is 3. The third kappa shape index (κ3) is 4.01. The molecule has 0 unspecified atom stereocenters. The second kappa shape index (κ2) is 7.97. The third-order valence-electron chi connectivity index (χ3n) is 4.30. The summed E-state index contributed by atoms with van der Waals surface area (Å²) in [5, 5.41) is 0. The smallest absolute Gasteiger partial charge is 0.172 e. The molecule has 4 aromatic heterocycles. The van der Waals surface area contributed by atoms with E-state index in [0.29, 0.717) is 39.9 Å². The van der Waals surface area contributed by atoms with Gasteiger partial charge in [-0.15, -0.1) is 0 Å². The highest BCUT2D eigenvalue weighted by Gasteiger charge is 2.16. The van der Waals surface area contributed by atoms with Crippen LogP contribution < -0.4 is 14.2 Å². The largest absolute Gasteiger partial charge is 0.495 e. The summed E-state index contributed by atoms with van der Waals surface area (Å²) in [7, 11) is 3.13. The van der Waals surface area contributed by atoms with E-state index in [0.717, 1.165) is 0 Å². The molecular weight excluding hydrogens is 372 g/mol. The summed E-state index contributed by atoms with van der Waals surface area (Å²) in [5.74, 6) is 2.08. The topological polar surface area (TPSA) is 87.8 Å². The van der Waals surface area contributed by atoms with E-state index in [1.54, 1.807) is 80.1 Å². The number of hydrogen-bond acceptors (Lipinski definition) is 7. The zero-order valence-electron chi connectivity index (χ0n) is 15.9. The lowest BCUT2D eigenvalue weighted by atomic mass is 10.1. The Balaban J connectivity index is 1.64. The number of pyridine rings is 3. The molecule has 8 nitrogen and oxygen atoms in total. The Morgan fingerprint density at radius 1 is 0.966 bits per heavy atom. The van der Waals surface area contributed by atoms with Crippen LogP contribution in [0, 0.1) is 0 Å². The average Bonchev–Trinajstić information content (AvgIpc) is 3.22. The molecule has 0 atom stereocenters. The molecule has 0 aliphatic heterocycles. The van der Waals surface area contributed by atoms with Crippen LogP contribution in [0.4, 0.5) is 0 Å². The highest BCUT2D eigenvalue weighted by Crippen LogP contribution is 2.26. The van der Waals surface area contributed by atoms with Gasteiger partial charge in [-0.25, -0.2) is 4.98 Å². The Kier molecular flexibility index (Phi) is 5.07. The first kappa shape index (κ1) is 18.4. The van der Waals surface area contributed by atoms with Crippen LogP contribution in [0.1, 0.15) is 16.1 Å². The second-order valence-corrected chi connectivity index (χ2v) is 6.20. The molecule has 0 saturated heterocycles. The number of ketones is 1. The Morgan fingerprint density at radius 2 is 1.79 bits per heavy atom. The summed E-state index contributed by atoms with van der Waals surface area (Å²) < 4.78 is 17.9. The van der Waals surface area contributed by atoms with Gasteiger partial charge in [0.25, 0.3) is 0 Å². The van der Waals surface area contributed by atoms with Crippen LogP contribution in [0.15, 0.2) is 61.4 Å². The van der Waals surface area contributed by atoms with Gasteiger partial charge in [0.1, 0.15) is 28.6 Å². The number of fused-ring (bicyclic) bond motifs is 1. The van der Waals surface area contributed by atoms with E-state index in [4.69, 9.17) is 14.2 Å². The molecule has 4 heterocycles. The molecule has 4 rings (SSSR count). The standard InChI is InChI=1S/C21H18N4O4/c1-27-15-4-3-14(24-12-15)7-20(26)19-9-18(13-25-6-5-23-21(19)25)29-17-8-16(28-2)10-22-11-17/h3-6,8-13H,7H2,1-2H3. The molecule has 0 aliphatic carbocycles. The predicted octanol–water partition coefficient (Wildman–Crippen LogP) is 3.36. The summed E-state index contributed by atoms with van der Waals surface area (Å²) in [6.45, 7) is 0. The maximum absolute atomic E-state index is 13.0. The molecule has 29 heavy (non-hydrogen) atoms. The van der Waals surface area contributed by atoms with Gasteiger partial charge in [-0.1, -0.05) is 0 Å². The van der Waals surface area contributed by atoms with Gasteiger partial charge in [-0.3, -0.25) is 14.8 Å². The van der Waals surface area contributed by atoms with Crippen molar-refractivity contribution in [2.75, 3.05) is 14.2 Å². The number of methoxy groups -OCH3 is 2. The van der Waals surface area contributed by atoms with E-state index in [1.165, 1.54) is 0 Å². The van der Waals surface area contributed by atoms with Crippen LogP contribution in [-0.2, 0) is 6.42 Å². The first-order chi connectivity index (χ1) is 14.2. The number of nitrogens with zero attached hydrogens (tertiary/aromatic N) is 4. The number of carbonyl (C=O) groups is 1. The third-order valence-corrected chi connectivity index (χ3v) is 4.30. The molecule has 0 aromatic carbocycles. The van der Waals surface area contributed by atoms with Crippen molar-refractivity contribution in [3.8, 4) is 23.0 Å². The maximum Gasteiger partial charge on any atom is 0.172 e. The summed E-state index contributed by atoms with van der Waals surface area (Å²) in [5.41, 5.74) is 1.64. The van der Waals surface area contributed by atoms with Gasteiger partial charge in [-0.05, 0) is 18.2 Å². The monoisotopic (exact) mass is 390 g/mol. The molecule has 0 radical (unpaired) electrons. The molecule has 4 aromatic rings. The van der Waals surface area contributed by atoms with E-state index in [1.807, 2.05) is 0 Å². The van der Waals surface area contributed by atoms with Crippen LogP contribution in [0.2, 0.25) is 0 Å². The fraction of sp³-hybridized carbons (Fsp3) is 0.143. The highest BCUT2D eigenvalue weighted by molar-refractivity contribution is 6.02. The van der Waals surface area contributed by atoms with Crippen molar-refractivity contribution in [1.29, 1.82) is 0 Å². The van der Waals surface area contributed by atoms with Crippen LogP contribution in [-0.4, -0.2) is 39.4 Å². The van der Waals surface area contributed by atoms with Crippen molar-refractivity contribution >= 4 is 11.4 Å². The molecule has 0 N–H and O–H groups in total. The SMILES string of the molecule is COc1ccc(CC(=O)c2cc(Oc3cncc(OC)c3)cn3ccnc23)nc1. The lowest BCUT2D eigenvalue weighted by Gasteiger charge is -2.10. The molecule has 8 heteroatoms. The molecule has 0 amide bonds. The average molecular weight is 390 g/mol. The van der Waals surface area contributed by atoms with Gasteiger partial charge in [0.15, 0.2) is 5.78 Å². The zero-order valence-corrected chi connectivity index (χ0v) is 15.9. The Bertz CT molecular complexity index is 1160. The quantitative estimate of drug-likeness (QED) is 0.447. The van der Waals surface area contributed by atoms with E-state index in [-0.39, 0.29) is 12.2 Å². The van der Waals surface area contributed by atoms with Crippen molar-refractivity contribution in [2.24, 2.45) is 0 Å². The highest BCUT2D eigenvalue weighted by atomic mass is 16.5. The molecule has 0 bridgehead atoms. The summed E-state index contributed by atoms with van der Waals surface area (Å²) in [6.07, 6.45) is 10.0. The Morgan fingerprint density at radius 3 is 2.55 bits per heavy atom. The lowest BCUT2D eigenvalue weighted by molar-refractivity contribution is 0.0992. The molecule has 0 saturated carbocycles. The van der Waals surface area contributed by atoms with Gasteiger partial charge in [0.05, 0.1) is 51.0 Å². The number of aromatic nitrogens is 4. The summed E-state index contributed by atoms with van der Waals surface area (Å²) in [4.78, 5) is 25.6. The number of imidazole rings is 1. The molecular formula is C21H18N4O4. The van der Waals surface area contributed by atoms with Crippen LogP contribution in [0.25, 0.3) is 5.65 Å². The number of Topliss-reactive ketones (excluding diaryl/α,β-unsaturated/α-hetero) is 1. The lowest BCUT2D eigenvalue weighted by Crippen LogP contribution is -2.08. The van der Waals surface area contributed by atoms with Gasteiger partial charge in [-0.2, -0.15) is 0 Å². The van der Waals surface area contributed by atoms with E-state index >= 15 is 0 Å². The minimum absolute atomic E-state index is 0.118. The van der Waals surface area contributed by atoms with Crippen molar-refractivity contribution in [3.63, 3.8) is 0 Å². The number of rotatable bonds is 7. The molecule has 0 fully saturated rings. The van der Waals surface area contributed by atoms with E-state index in [2.05, 4.69) is 15.0 Å². The van der Waals surface area contributed by atoms with Gasteiger partial charge < -0.3 is 18.6 Å². The Labute approximate surface area is 166 Å². The fourth-order valence-electron chi connectivity index (χ4n) is 2.87. The van der Waals surface area contributed by atoms with Gasteiger partial charge in [0.2, 0.25) is 0 Å². The van der Waals surface area contributed by atoms with Crippen LogP contribution in [0.3, 0.4) is 0 Å². The molecule has 0 spiro atoms. The minimum atomic E-state index is -0.118. The fourth-order valence-corrected chi connectivity index (χ4v) is 2.87. The minimum Gasteiger partial charge on any atom is -0.495 e. The zero-order chi connectivity index (χ0) is 20.2. The van der Waals surface area contributed by atoms with E-state index in [9.17, 15) is 4.79 Å². The van der Waals surface area contributed by atoms with Crippen LogP contribution in [0.5, 0.6) is 23.0 Å². The summed E-state index contributed by atoms with van der Waals surface area (Å²) >= 11 is 0.